The summed E-state index contributed by atoms with van der Waals surface area (Å²) < 4.78 is 19.5. The van der Waals surface area contributed by atoms with Crippen LogP contribution >= 0.6 is 0 Å². The van der Waals surface area contributed by atoms with Crippen molar-refractivity contribution in [2.45, 2.75) is 32.0 Å². The largest absolute Gasteiger partial charge is 0.431 e. The van der Waals surface area contributed by atoms with Crippen LogP contribution in [0.5, 0.6) is 0 Å². The molecule has 0 saturated carbocycles. The van der Waals surface area contributed by atoms with Crippen molar-refractivity contribution in [1.82, 2.24) is 15.1 Å². The lowest BCUT2D eigenvalue weighted by Gasteiger charge is -2.43. The van der Waals surface area contributed by atoms with Crippen LogP contribution in [0.2, 0.25) is 0 Å². The van der Waals surface area contributed by atoms with Gasteiger partial charge in [0.15, 0.2) is 5.60 Å². The van der Waals surface area contributed by atoms with Gasteiger partial charge in [-0.1, -0.05) is 60.7 Å². The van der Waals surface area contributed by atoms with Crippen molar-refractivity contribution in [1.29, 1.82) is 0 Å². The fourth-order valence-corrected chi connectivity index (χ4v) is 5.28. The van der Waals surface area contributed by atoms with Gasteiger partial charge in [0.25, 0.3) is 0 Å². The Bertz CT molecular complexity index is 1210. The molecule has 0 radical (unpaired) electrons. The lowest BCUT2D eigenvalue weighted by Crippen LogP contribution is -2.60. The minimum atomic E-state index is -1.04. The highest BCUT2D eigenvalue weighted by atomic mass is 19.1. The fraction of sp³-hybridized carbons (Fsp3) is 0.286. The molecule has 1 unspecified atom stereocenters. The monoisotopic (exact) mass is 473 g/mol. The summed E-state index contributed by atoms with van der Waals surface area (Å²) in [5, 5.41) is 2.93. The van der Waals surface area contributed by atoms with Crippen molar-refractivity contribution >= 4 is 12.1 Å². The van der Waals surface area contributed by atoms with E-state index in [1.807, 2.05) is 62.4 Å². The van der Waals surface area contributed by atoms with E-state index in [9.17, 15) is 14.0 Å². The highest BCUT2D eigenvalue weighted by Crippen LogP contribution is 2.47. The number of hydrogen-bond donors (Lipinski definition) is 1. The van der Waals surface area contributed by atoms with Crippen molar-refractivity contribution in [3.05, 3.63) is 106 Å². The number of amides is 3. The molecule has 0 aromatic heterocycles. The summed E-state index contributed by atoms with van der Waals surface area (Å²) in [6.07, 6.45) is -0.368. The average Bonchev–Trinajstić information content (AvgIpc) is 3.16. The average molecular weight is 474 g/mol. The predicted octanol–water partition coefficient (Wildman–Crippen LogP) is 4.73. The van der Waals surface area contributed by atoms with Crippen LogP contribution in [0.1, 0.15) is 27.8 Å². The highest BCUT2D eigenvalue weighted by molar-refractivity contribution is 5.77. The topological polar surface area (TPSA) is 61.9 Å². The smallest absolute Gasteiger partial charge is 0.411 e. The molecular formula is C28H28FN3O3. The third kappa shape index (κ3) is 4.01. The van der Waals surface area contributed by atoms with E-state index in [-0.39, 0.29) is 24.0 Å². The van der Waals surface area contributed by atoms with Crippen molar-refractivity contribution in [3.63, 3.8) is 0 Å². The number of rotatable bonds is 4. The van der Waals surface area contributed by atoms with Crippen molar-refractivity contribution in [3.8, 4) is 0 Å². The molecule has 2 aliphatic rings. The van der Waals surface area contributed by atoms with Gasteiger partial charge < -0.3 is 15.0 Å². The van der Waals surface area contributed by atoms with E-state index in [0.29, 0.717) is 26.2 Å². The lowest BCUT2D eigenvalue weighted by atomic mass is 9.76. The molecule has 0 bridgehead atoms. The molecule has 2 aliphatic heterocycles. The lowest BCUT2D eigenvalue weighted by molar-refractivity contribution is 0.0502. The summed E-state index contributed by atoms with van der Waals surface area (Å²) >= 11 is 0. The van der Waals surface area contributed by atoms with Gasteiger partial charge >= 0.3 is 12.1 Å². The Kier molecular flexibility index (Phi) is 5.93. The third-order valence-electron chi connectivity index (χ3n) is 7.07. The second kappa shape index (κ2) is 9.06. The number of fused-ring (bicyclic) bond motifs is 1. The zero-order chi connectivity index (χ0) is 24.6. The van der Waals surface area contributed by atoms with Gasteiger partial charge in [-0.2, -0.15) is 0 Å². The van der Waals surface area contributed by atoms with Crippen LogP contribution < -0.4 is 5.32 Å². The standard InChI is InChI=1S/C28H28FN3O3/c1-19-7-3-5-9-23(19)28(24-10-6-4-8-20(24)2)25-18-31(15-16-32(25)27(34)35-28)26(33)30-17-21-11-13-22(29)14-12-21/h3-14,25H,15-18H2,1-2H3,(H,30,33). The van der Waals surface area contributed by atoms with Gasteiger partial charge in [-0.15, -0.1) is 0 Å². The second-order valence-corrected chi connectivity index (χ2v) is 9.17. The van der Waals surface area contributed by atoms with E-state index in [1.165, 1.54) is 12.1 Å². The fourth-order valence-electron chi connectivity index (χ4n) is 5.28. The maximum absolute atomic E-state index is 13.2. The number of aryl methyl sites for hydroxylation is 2. The molecule has 3 aromatic carbocycles. The molecule has 3 aromatic rings. The molecule has 180 valence electrons. The van der Waals surface area contributed by atoms with Crippen molar-refractivity contribution in [2.24, 2.45) is 0 Å². The quantitative estimate of drug-likeness (QED) is 0.596. The zero-order valence-electron chi connectivity index (χ0n) is 19.8. The normalized spacial score (nSPS) is 18.7. The van der Waals surface area contributed by atoms with Gasteiger partial charge in [0.05, 0.1) is 0 Å². The van der Waals surface area contributed by atoms with E-state index >= 15 is 0 Å². The zero-order valence-corrected chi connectivity index (χ0v) is 19.8. The number of carbonyl (C=O) groups is 2. The van der Waals surface area contributed by atoms with Crippen LogP contribution in [-0.2, 0) is 16.9 Å². The molecule has 1 N–H and O–H groups in total. The molecule has 0 spiro atoms. The first-order chi connectivity index (χ1) is 16.9. The van der Waals surface area contributed by atoms with Crippen LogP contribution in [0.3, 0.4) is 0 Å². The summed E-state index contributed by atoms with van der Waals surface area (Å²) in [7, 11) is 0. The van der Waals surface area contributed by atoms with Crippen LogP contribution in [0, 0.1) is 19.7 Å². The number of nitrogens with one attached hydrogen (secondary N) is 1. The Morgan fingerprint density at radius 1 is 0.971 bits per heavy atom. The third-order valence-corrected chi connectivity index (χ3v) is 7.07. The van der Waals surface area contributed by atoms with Gasteiger partial charge in [-0.3, -0.25) is 4.90 Å². The number of benzene rings is 3. The van der Waals surface area contributed by atoms with Crippen LogP contribution in [0.25, 0.3) is 0 Å². The summed E-state index contributed by atoms with van der Waals surface area (Å²) in [4.78, 5) is 29.8. The minimum Gasteiger partial charge on any atom is -0.431 e. The minimum absolute atomic E-state index is 0.225. The van der Waals surface area contributed by atoms with Crippen LogP contribution in [0.15, 0.2) is 72.8 Å². The Labute approximate surface area is 204 Å². The first-order valence-electron chi connectivity index (χ1n) is 11.8. The van der Waals surface area contributed by atoms with Crippen LogP contribution in [-0.4, -0.2) is 47.6 Å². The Balaban J connectivity index is 1.48. The number of urea groups is 1. The van der Waals surface area contributed by atoms with Crippen LogP contribution in [0.4, 0.5) is 14.0 Å². The number of ether oxygens (including phenoxy) is 1. The first kappa shape index (κ1) is 22.9. The summed E-state index contributed by atoms with van der Waals surface area (Å²) in [5.74, 6) is -0.314. The number of piperazine rings is 1. The van der Waals surface area contributed by atoms with Crippen molar-refractivity contribution < 1.29 is 18.7 Å². The number of carbonyl (C=O) groups excluding carboxylic acids is 2. The number of halogens is 1. The molecule has 6 nitrogen and oxygen atoms in total. The molecule has 35 heavy (non-hydrogen) atoms. The number of cyclic esters (lactones) is 1. The SMILES string of the molecule is Cc1ccccc1C1(c2ccccc2C)OC(=O)N2CCN(C(=O)NCc3ccc(F)cc3)CC21. The summed E-state index contributed by atoms with van der Waals surface area (Å²) in [6, 6.07) is 21.3. The summed E-state index contributed by atoms with van der Waals surface area (Å²) in [6.45, 7) is 5.43. The molecule has 5 rings (SSSR count). The van der Waals surface area contributed by atoms with E-state index < -0.39 is 5.60 Å². The number of hydrogen-bond acceptors (Lipinski definition) is 3. The van der Waals surface area contributed by atoms with E-state index in [4.69, 9.17) is 4.74 Å². The molecule has 7 heteroatoms. The molecule has 2 fully saturated rings. The van der Waals surface area contributed by atoms with Gasteiger partial charge in [-0.05, 0) is 42.7 Å². The Morgan fingerprint density at radius 3 is 2.17 bits per heavy atom. The van der Waals surface area contributed by atoms with E-state index in [1.54, 1.807) is 21.9 Å². The van der Waals surface area contributed by atoms with E-state index in [2.05, 4.69) is 5.32 Å². The maximum atomic E-state index is 13.2. The maximum Gasteiger partial charge on any atom is 0.411 e. The molecule has 0 aliphatic carbocycles. The second-order valence-electron chi connectivity index (χ2n) is 9.17. The van der Waals surface area contributed by atoms with Gasteiger partial charge in [-0.25, -0.2) is 14.0 Å². The number of nitrogens with zero attached hydrogens (tertiary/aromatic N) is 2. The van der Waals surface area contributed by atoms with Gasteiger partial charge in [0.2, 0.25) is 0 Å². The Hall–Kier alpha value is -3.87. The van der Waals surface area contributed by atoms with Gasteiger partial charge in [0.1, 0.15) is 11.9 Å². The predicted molar refractivity (Wildman–Crippen MR) is 130 cm³/mol. The molecule has 2 saturated heterocycles. The molecular weight excluding hydrogens is 445 g/mol. The first-order valence-corrected chi connectivity index (χ1v) is 11.8. The van der Waals surface area contributed by atoms with Gasteiger partial charge in [0, 0.05) is 37.3 Å². The Morgan fingerprint density at radius 2 is 1.57 bits per heavy atom. The molecule has 1 atom stereocenters. The van der Waals surface area contributed by atoms with E-state index in [0.717, 1.165) is 27.8 Å². The molecule has 2 heterocycles. The molecule has 3 amide bonds. The van der Waals surface area contributed by atoms with Crippen molar-refractivity contribution in [2.75, 3.05) is 19.6 Å². The summed E-state index contributed by atoms with van der Waals surface area (Å²) in [5.41, 5.74) is 3.65. The highest BCUT2D eigenvalue weighted by Gasteiger charge is 2.59.